The number of aryl methyl sites for hydroxylation is 2. The maximum atomic E-state index is 13.0. The van der Waals surface area contributed by atoms with Crippen LogP contribution in [0, 0.1) is 13.8 Å². The summed E-state index contributed by atoms with van der Waals surface area (Å²) in [7, 11) is -3.63. The second-order valence-electron chi connectivity index (χ2n) is 7.09. The third kappa shape index (κ3) is 3.70. The molecule has 29 heavy (non-hydrogen) atoms. The minimum atomic E-state index is -3.63. The van der Waals surface area contributed by atoms with Gasteiger partial charge in [-0.05, 0) is 20.8 Å². The van der Waals surface area contributed by atoms with Crippen molar-refractivity contribution in [3.8, 4) is 11.4 Å². The lowest BCUT2D eigenvalue weighted by Gasteiger charge is -2.36. The molecule has 1 aromatic carbocycles. The van der Waals surface area contributed by atoms with Crippen LogP contribution in [0.3, 0.4) is 0 Å². The van der Waals surface area contributed by atoms with Crippen LogP contribution in [-0.4, -0.2) is 59.1 Å². The van der Waals surface area contributed by atoms with Gasteiger partial charge < -0.3 is 9.05 Å². The van der Waals surface area contributed by atoms with Gasteiger partial charge in [0.05, 0.1) is 6.04 Å². The van der Waals surface area contributed by atoms with Crippen molar-refractivity contribution in [1.29, 1.82) is 0 Å². The third-order valence-corrected chi connectivity index (χ3v) is 7.36. The van der Waals surface area contributed by atoms with Gasteiger partial charge in [-0.1, -0.05) is 40.6 Å². The average molecular weight is 417 g/mol. The molecule has 1 aliphatic rings. The smallest absolute Gasteiger partial charge is 0.248 e. The molecule has 0 N–H and O–H groups in total. The molecule has 3 heterocycles. The number of piperazine rings is 1. The Morgan fingerprint density at radius 1 is 1.00 bits per heavy atom. The highest BCUT2D eigenvalue weighted by molar-refractivity contribution is 7.89. The lowest BCUT2D eigenvalue weighted by atomic mass is 10.2. The second-order valence-corrected chi connectivity index (χ2v) is 8.97. The molecule has 9 nitrogen and oxygen atoms in total. The highest BCUT2D eigenvalue weighted by atomic mass is 32.2. The fourth-order valence-electron chi connectivity index (χ4n) is 3.57. The van der Waals surface area contributed by atoms with Crippen LogP contribution in [-0.2, 0) is 10.0 Å². The van der Waals surface area contributed by atoms with Crippen LogP contribution in [0.5, 0.6) is 0 Å². The monoisotopic (exact) mass is 417 g/mol. The first-order valence-electron chi connectivity index (χ1n) is 9.44. The Hall–Kier alpha value is -2.56. The molecule has 1 saturated heterocycles. The first-order valence-corrected chi connectivity index (χ1v) is 10.9. The molecule has 0 spiro atoms. The normalized spacial score (nSPS) is 17.5. The van der Waals surface area contributed by atoms with Crippen LogP contribution >= 0.6 is 0 Å². The summed E-state index contributed by atoms with van der Waals surface area (Å²) in [5.41, 5.74) is 1.28. The first kappa shape index (κ1) is 19.7. The topological polar surface area (TPSA) is 106 Å². The quantitative estimate of drug-likeness (QED) is 0.623. The molecule has 3 aromatic rings. The zero-order chi connectivity index (χ0) is 20.6. The number of aromatic nitrogens is 3. The van der Waals surface area contributed by atoms with Gasteiger partial charge >= 0.3 is 0 Å². The van der Waals surface area contributed by atoms with Crippen LogP contribution in [0.15, 0.2) is 44.3 Å². The highest BCUT2D eigenvalue weighted by Crippen LogP contribution is 2.27. The first-order chi connectivity index (χ1) is 13.9. The number of hydrogen-bond acceptors (Lipinski definition) is 8. The van der Waals surface area contributed by atoms with Crippen molar-refractivity contribution >= 4 is 10.0 Å². The van der Waals surface area contributed by atoms with Crippen LogP contribution < -0.4 is 0 Å². The van der Waals surface area contributed by atoms with Gasteiger partial charge in [-0.15, -0.1) is 0 Å². The number of sulfonamides is 1. The van der Waals surface area contributed by atoms with Gasteiger partial charge in [-0.3, -0.25) is 4.90 Å². The summed E-state index contributed by atoms with van der Waals surface area (Å²) in [5, 5.41) is 7.84. The molecule has 0 bridgehead atoms. The molecule has 4 rings (SSSR count). The molecular formula is C19H23N5O4S. The number of nitrogens with zero attached hydrogens (tertiary/aromatic N) is 5. The van der Waals surface area contributed by atoms with Gasteiger partial charge in [0.15, 0.2) is 5.76 Å². The van der Waals surface area contributed by atoms with Gasteiger partial charge in [0, 0.05) is 31.7 Å². The van der Waals surface area contributed by atoms with Crippen LogP contribution in [0.25, 0.3) is 11.4 Å². The van der Waals surface area contributed by atoms with E-state index in [-0.39, 0.29) is 10.9 Å². The molecule has 0 aliphatic carbocycles. The molecule has 0 amide bonds. The maximum absolute atomic E-state index is 13.0. The SMILES string of the molecule is Cc1noc(C)c1S(=O)(=O)N1CCN(C(C)c2nc(-c3ccccc3)no2)CC1. The number of hydrogen-bond donors (Lipinski definition) is 0. The predicted octanol–water partition coefficient (Wildman–Crippen LogP) is 2.41. The predicted molar refractivity (Wildman–Crippen MR) is 104 cm³/mol. The van der Waals surface area contributed by atoms with E-state index in [1.54, 1.807) is 13.8 Å². The van der Waals surface area contributed by atoms with E-state index in [1.165, 1.54) is 4.31 Å². The van der Waals surface area contributed by atoms with Crippen LogP contribution in [0.2, 0.25) is 0 Å². The summed E-state index contributed by atoms with van der Waals surface area (Å²) in [6, 6.07) is 9.53. The zero-order valence-electron chi connectivity index (χ0n) is 16.6. The van der Waals surface area contributed by atoms with Crippen molar-refractivity contribution in [2.75, 3.05) is 26.2 Å². The number of benzene rings is 1. The second kappa shape index (κ2) is 7.69. The molecule has 0 radical (unpaired) electrons. The third-order valence-electron chi connectivity index (χ3n) is 5.22. The van der Waals surface area contributed by atoms with Crippen molar-refractivity contribution in [2.45, 2.75) is 31.7 Å². The molecule has 1 atom stereocenters. The van der Waals surface area contributed by atoms with Gasteiger partial charge in [0.2, 0.25) is 21.7 Å². The Balaban J connectivity index is 1.44. The molecule has 1 unspecified atom stereocenters. The maximum Gasteiger partial charge on any atom is 0.248 e. The Bertz CT molecular complexity index is 1070. The van der Waals surface area contributed by atoms with Crippen molar-refractivity contribution in [2.24, 2.45) is 0 Å². The largest absolute Gasteiger partial charge is 0.360 e. The van der Waals surface area contributed by atoms with Gasteiger partial charge in [-0.25, -0.2) is 8.42 Å². The standard InChI is InChI=1S/C19H23N5O4S/c1-13-17(15(3)27-21-13)29(25,26)24-11-9-23(10-12-24)14(2)19-20-18(22-28-19)16-7-5-4-6-8-16/h4-8,14H,9-12H2,1-3H3. The fraction of sp³-hybridized carbons (Fsp3) is 0.421. The van der Waals surface area contributed by atoms with E-state index in [9.17, 15) is 8.42 Å². The van der Waals surface area contributed by atoms with E-state index >= 15 is 0 Å². The van der Waals surface area contributed by atoms with E-state index in [0.717, 1.165) is 5.56 Å². The lowest BCUT2D eigenvalue weighted by molar-refractivity contribution is 0.124. The summed E-state index contributed by atoms with van der Waals surface area (Å²) in [4.78, 5) is 6.83. The minimum absolute atomic E-state index is 0.108. The van der Waals surface area contributed by atoms with E-state index in [4.69, 9.17) is 9.05 Å². The summed E-state index contributed by atoms with van der Waals surface area (Å²) >= 11 is 0. The van der Waals surface area contributed by atoms with Crippen LogP contribution in [0.1, 0.15) is 30.3 Å². The molecule has 2 aromatic heterocycles. The van der Waals surface area contributed by atoms with Gasteiger partial charge in [0.25, 0.3) is 0 Å². The highest BCUT2D eigenvalue weighted by Gasteiger charge is 2.35. The fourth-order valence-corrected chi connectivity index (χ4v) is 5.28. The van der Waals surface area contributed by atoms with Gasteiger partial charge in [0.1, 0.15) is 10.6 Å². The molecule has 154 valence electrons. The summed E-state index contributed by atoms with van der Waals surface area (Å²) in [6.45, 7) is 7.11. The van der Waals surface area contributed by atoms with E-state index in [2.05, 4.69) is 20.2 Å². The Morgan fingerprint density at radius 2 is 1.69 bits per heavy atom. The summed E-state index contributed by atoms with van der Waals surface area (Å²) < 4.78 is 37.9. The Morgan fingerprint density at radius 3 is 2.31 bits per heavy atom. The van der Waals surface area contributed by atoms with Crippen LogP contribution in [0.4, 0.5) is 0 Å². The van der Waals surface area contributed by atoms with Crippen molar-refractivity contribution in [3.05, 3.63) is 47.7 Å². The molecule has 1 aliphatic heterocycles. The van der Waals surface area contributed by atoms with E-state index in [1.807, 2.05) is 37.3 Å². The summed E-state index contributed by atoms with van der Waals surface area (Å²) in [6.07, 6.45) is 0. The summed E-state index contributed by atoms with van der Waals surface area (Å²) in [5.74, 6) is 1.38. The number of rotatable bonds is 5. The minimum Gasteiger partial charge on any atom is -0.360 e. The zero-order valence-corrected chi connectivity index (χ0v) is 17.4. The van der Waals surface area contributed by atoms with Crippen molar-refractivity contribution in [1.82, 2.24) is 24.5 Å². The molecule has 10 heteroatoms. The van der Waals surface area contributed by atoms with E-state index < -0.39 is 10.0 Å². The molecular weight excluding hydrogens is 394 g/mol. The lowest BCUT2D eigenvalue weighted by Crippen LogP contribution is -2.49. The average Bonchev–Trinajstić information content (AvgIpc) is 3.35. The molecule has 1 fully saturated rings. The molecule has 0 saturated carbocycles. The van der Waals surface area contributed by atoms with Crippen molar-refractivity contribution in [3.63, 3.8) is 0 Å². The van der Waals surface area contributed by atoms with E-state index in [0.29, 0.717) is 49.3 Å². The Kier molecular flexibility index (Phi) is 5.24. The van der Waals surface area contributed by atoms with Gasteiger partial charge in [-0.2, -0.15) is 9.29 Å². The Labute approximate surface area is 169 Å². The van der Waals surface area contributed by atoms with Crippen molar-refractivity contribution < 1.29 is 17.5 Å².